The van der Waals surface area contributed by atoms with Crippen molar-refractivity contribution in [2.75, 3.05) is 13.2 Å². The minimum Gasteiger partial charge on any atom is -0.465 e. The molecule has 4 nitrogen and oxygen atoms in total. The first-order valence-electron chi connectivity index (χ1n) is 12.2. The van der Waals surface area contributed by atoms with Crippen LogP contribution in [0.2, 0.25) is 0 Å². The molecule has 168 valence electrons. The van der Waals surface area contributed by atoms with Gasteiger partial charge in [0.05, 0.1) is 25.0 Å². The summed E-state index contributed by atoms with van der Waals surface area (Å²) >= 11 is 0. The molecule has 2 unspecified atom stereocenters. The summed E-state index contributed by atoms with van der Waals surface area (Å²) in [6.07, 6.45) is 21.0. The summed E-state index contributed by atoms with van der Waals surface area (Å²) in [6, 6.07) is 0. The van der Waals surface area contributed by atoms with Gasteiger partial charge in [0.15, 0.2) is 0 Å². The average Bonchev–Trinajstić information content (AvgIpc) is 3.22. The number of ether oxygens (including phenoxy) is 2. The van der Waals surface area contributed by atoms with Crippen LogP contribution < -0.4 is 0 Å². The van der Waals surface area contributed by atoms with Gasteiger partial charge in [-0.25, -0.2) is 0 Å². The number of allylic oxidation sites excluding steroid dienone is 1. The fraction of sp³-hybridized carbons (Fsp3) is 0.840. The van der Waals surface area contributed by atoms with Crippen LogP contribution in [-0.2, 0) is 19.1 Å². The Kier molecular flexibility index (Phi) is 15.5. The van der Waals surface area contributed by atoms with Crippen molar-refractivity contribution < 1.29 is 19.1 Å². The topological polar surface area (TPSA) is 52.6 Å². The van der Waals surface area contributed by atoms with Crippen molar-refractivity contribution >= 4 is 11.9 Å². The molecule has 1 aliphatic carbocycles. The Hall–Kier alpha value is -1.32. The fourth-order valence-corrected chi connectivity index (χ4v) is 3.81. The molecule has 0 bridgehead atoms. The Balaban J connectivity index is 2.12. The average molecular weight is 409 g/mol. The van der Waals surface area contributed by atoms with Gasteiger partial charge >= 0.3 is 11.9 Å². The molecule has 0 aromatic heterocycles. The third kappa shape index (κ3) is 12.1. The zero-order chi connectivity index (χ0) is 21.2. The third-order valence-corrected chi connectivity index (χ3v) is 5.73. The van der Waals surface area contributed by atoms with Gasteiger partial charge in [0.25, 0.3) is 0 Å². The second kappa shape index (κ2) is 17.5. The molecule has 0 aliphatic heterocycles. The maximum atomic E-state index is 12.4. The minimum absolute atomic E-state index is 0.251. The van der Waals surface area contributed by atoms with Crippen LogP contribution in [0.1, 0.15) is 110 Å². The Bertz CT molecular complexity index is 458. The lowest BCUT2D eigenvalue weighted by molar-refractivity contribution is -0.158. The highest BCUT2D eigenvalue weighted by Gasteiger charge is 2.36. The molecule has 0 aromatic rings. The highest BCUT2D eigenvalue weighted by Crippen LogP contribution is 2.28. The van der Waals surface area contributed by atoms with Gasteiger partial charge in [-0.2, -0.15) is 0 Å². The maximum Gasteiger partial charge on any atom is 0.313 e. The predicted molar refractivity (Wildman–Crippen MR) is 119 cm³/mol. The van der Waals surface area contributed by atoms with E-state index in [1.165, 1.54) is 64.2 Å². The van der Waals surface area contributed by atoms with Crippen molar-refractivity contribution in [2.45, 2.75) is 110 Å². The van der Waals surface area contributed by atoms with Crippen LogP contribution in [0.25, 0.3) is 0 Å². The molecule has 0 aromatic carbocycles. The van der Waals surface area contributed by atoms with Gasteiger partial charge in [-0.1, -0.05) is 103 Å². The maximum absolute atomic E-state index is 12.4. The molecule has 0 radical (unpaired) electrons. The molecule has 0 N–H and O–H groups in total. The summed E-state index contributed by atoms with van der Waals surface area (Å²) in [5.74, 6) is -1.40. The first-order chi connectivity index (χ1) is 14.2. The highest BCUT2D eigenvalue weighted by molar-refractivity contribution is 5.84. The summed E-state index contributed by atoms with van der Waals surface area (Å²) in [7, 11) is 0. The molecule has 4 heteroatoms. The zero-order valence-electron chi connectivity index (χ0n) is 19.0. The standard InChI is InChI=1S/C25H44O4/c1-3-5-7-9-11-13-15-20-28-24(26)22-18-17-19-23(22)25(27)29-21-16-14-12-10-8-6-4-2/h17-18,22-23H,3-16,19-21H2,1-2H3. The van der Waals surface area contributed by atoms with E-state index in [9.17, 15) is 9.59 Å². The summed E-state index contributed by atoms with van der Waals surface area (Å²) in [5.41, 5.74) is 0. The van der Waals surface area contributed by atoms with Gasteiger partial charge in [-0.05, 0) is 19.3 Å². The molecule has 0 heterocycles. The molecule has 1 rings (SSSR count). The number of esters is 2. The Labute approximate surface area is 178 Å². The monoisotopic (exact) mass is 408 g/mol. The predicted octanol–water partition coefficient (Wildman–Crippen LogP) is 6.77. The van der Waals surface area contributed by atoms with Crippen molar-refractivity contribution in [3.8, 4) is 0 Å². The molecule has 0 amide bonds. The van der Waals surface area contributed by atoms with Crippen LogP contribution in [0.5, 0.6) is 0 Å². The first kappa shape index (κ1) is 25.7. The number of unbranched alkanes of at least 4 members (excludes halogenated alkanes) is 12. The summed E-state index contributed by atoms with van der Waals surface area (Å²) < 4.78 is 10.9. The fourth-order valence-electron chi connectivity index (χ4n) is 3.81. The smallest absolute Gasteiger partial charge is 0.313 e. The van der Waals surface area contributed by atoms with Crippen molar-refractivity contribution in [2.24, 2.45) is 11.8 Å². The van der Waals surface area contributed by atoms with Gasteiger partial charge in [0.1, 0.15) is 0 Å². The zero-order valence-corrected chi connectivity index (χ0v) is 19.0. The molecular formula is C25H44O4. The summed E-state index contributed by atoms with van der Waals surface area (Å²) in [4.78, 5) is 24.7. The summed E-state index contributed by atoms with van der Waals surface area (Å²) in [5, 5.41) is 0. The number of hydrogen-bond acceptors (Lipinski definition) is 4. The van der Waals surface area contributed by atoms with Crippen LogP contribution in [0, 0.1) is 11.8 Å². The first-order valence-corrected chi connectivity index (χ1v) is 12.2. The second-order valence-corrected chi connectivity index (χ2v) is 8.37. The molecular weight excluding hydrogens is 364 g/mol. The van der Waals surface area contributed by atoms with E-state index in [2.05, 4.69) is 13.8 Å². The largest absolute Gasteiger partial charge is 0.465 e. The van der Waals surface area contributed by atoms with Crippen molar-refractivity contribution in [1.82, 2.24) is 0 Å². The van der Waals surface area contributed by atoms with E-state index in [0.717, 1.165) is 25.7 Å². The van der Waals surface area contributed by atoms with E-state index in [1.54, 1.807) is 0 Å². The van der Waals surface area contributed by atoms with E-state index in [0.29, 0.717) is 19.6 Å². The second-order valence-electron chi connectivity index (χ2n) is 8.37. The highest BCUT2D eigenvalue weighted by atomic mass is 16.5. The molecule has 0 saturated carbocycles. The Morgan fingerprint density at radius 2 is 1.14 bits per heavy atom. The Morgan fingerprint density at radius 1 is 0.690 bits per heavy atom. The van der Waals surface area contributed by atoms with Gasteiger partial charge < -0.3 is 9.47 Å². The van der Waals surface area contributed by atoms with Gasteiger partial charge in [-0.15, -0.1) is 0 Å². The van der Waals surface area contributed by atoms with Crippen LogP contribution in [0.15, 0.2) is 12.2 Å². The van der Waals surface area contributed by atoms with E-state index in [-0.39, 0.29) is 11.9 Å². The number of carbonyl (C=O) groups is 2. The van der Waals surface area contributed by atoms with Crippen molar-refractivity contribution in [1.29, 1.82) is 0 Å². The van der Waals surface area contributed by atoms with Crippen LogP contribution in [-0.4, -0.2) is 25.2 Å². The number of rotatable bonds is 18. The lowest BCUT2D eigenvalue weighted by Gasteiger charge is -2.17. The van der Waals surface area contributed by atoms with E-state index >= 15 is 0 Å². The lowest BCUT2D eigenvalue weighted by atomic mass is 9.96. The molecule has 2 atom stereocenters. The minimum atomic E-state index is -0.471. The van der Waals surface area contributed by atoms with Crippen LogP contribution in [0.4, 0.5) is 0 Å². The van der Waals surface area contributed by atoms with Gasteiger partial charge in [0.2, 0.25) is 0 Å². The molecule has 0 fully saturated rings. The lowest BCUT2D eigenvalue weighted by Crippen LogP contribution is -2.29. The van der Waals surface area contributed by atoms with E-state index in [4.69, 9.17) is 9.47 Å². The molecule has 0 spiro atoms. The number of carbonyl (C=O) groups excluding carboxylic acids is 2. The summed E-state index contributed by atoms with van der Waals surface area (Å²) in [6.45, 7) is 5.35. The van der Waals surface area contributed by atoms with Gasteiger partial charge in [0, 0.05) is 0 Å². The van der Waals surface area contributed by atoms with Gasteiger partial charge in [-0.3, -0.25) is 9.59 Å². The number of hydrogen-bond donors (Lipinski definition) is 0. The Morgan fingerprint density at radius 3 is 1.66 bits per heavy atom. The van der Waals surface area contributed by atoms with Crippen molar-refractivity contribution in [3.05, 3.63) is 12.2 Å². The third-order valence-electron chi connectivity index (χ3n) is 5.73. The normalized spacial score (nSPS) is 18.1. The molecule has 29 heavy (non-hydrogen) atoms. The molecule has 0 saturated heterocycles. The SMILES string of the molecule is CCCCCCCCCOC(=O)C1C=CCC1C(=O)OCCCCCCCCC. The van der Waals surface area contributed by atoms with Crippen LogP contribution >= 0.6 is 0 Å². The quantitative estimate of drug-likeness (QED) is 0.143. The molecule has 1 aliphatic rings. The van der Waals surface area contributed by atoms with Crippen molar-refractivity contribution in [3.63, 3.8) is 0 Å². The van der Waals surface area contributed by atoms with E-state index in [1.807, 2.05) is 12.2 Å². The van der Waals surface area contributed by atoms with Crippen LogP contribution in [0.3, 0.4) is 0 Å². The van der Waals surface area contributed by atoms with E-state index < -0.39 is 11.8 Å².